The summed E-state index contributed by atoms with van der Waals surface area (Å²) in [7, 11) is 0. The second kappa shape index (κ2) is 8.80. The normalized spacial score (nSPS) is 16.6. The van der Waals surface area contributed by atoms with Gasteiger partial charge >= 0.3 is 12.1 Å². The molecule has 2 aliphatic heterocycles. The molecule has 14 heteroatoms. The largest absolute Gasteiger partial charge is 0.490 e. The number of rotatable bonds is 2. The summed E-state index contributed by atoms with van der Waals surface area (Å²) in [6.07, 6.45) is -1.95. The maximum atomic E-state index is 13.0. The minimum atomic E-state index is -5.08. The monoisotopic (exact) mass is 516 g/mol. The molecule has 0 aliphatic carbocycles. The van der Waals surface area contributed by atoms with Gasteiger partial charge in [-0.05, 0) is 50.6 Å². The molecule has 37 heavy (non-hydrogen) atoms. The number of halogens is 3. The number of hydrogen-bond acceptors (Lipinski definition) is 8. The highest BCUT2D eigenvalue weighted by atomic mass is 19.4. The number of anilines is 1. The molecule has 2 saturated heterocycles. The molecule has 2 N–H and O–H groups in total. The van der Waals surface area contributed by atoms with Gasteiger partial charge in [0, 0.05) is 37.3 Å². The summed E-state index contributed by atoms with van der Waals surface area (Å²) in [5.74, 6) is -2.11. The van der Waals surface area contributed by atoms with Crippen molar-refractivity contribution < 1.29 is 23.1 Å². The van der Waals surface area contributed by atoms with Gasteiger partial charge in [-0.1, -0.05) is 0 Å². The van der Waals surface area contributed by atoms with E-state index < -0.39 is 12.1 Å². The molecule has 0 amide bonds. The van der Waals surface area contributed by atoms with Crippen LogP contribution in [0.15, 0.2) is 35.3 Å². The Balaban J connectivity index is 0.000000355. The molecular weight excluding hydrogens is 493 g/mol. The van der Waals surface area contributed by atoms with Crippen molar-refractivity contribution in [3.05, 3.63) is 52.2 Å². The topological polar surface area (TPSA) is 130 Å². The number of carbonyl (C=O) groups is 1. The van der Waals surface area contributed by atoms with Gasteiger partial charge in [0.05, 0.1) is 11.4 Å². The van der Waals surface area contributed by atoms with E-state index >= 15 is 0 Å². The molecule has 0 radical (unpaired) electrons. The molecule has 194 valence electrons. The summed E-state index contributed by atoms with van der Waals surface area (Å²) in [6.45, 7) is 8.07. The lowest BCUT2D eigenvalue weighted by atomic mass is 9.79. The number of fused-ring (bicyclic) bond motifs is 2. The molecule has 0 atom stereocenters. The summed E-state index contributed by atoms with van der Waals surface area (Å²) >= 11 is 0. The van der Waals surface area contributed by atoms with Gasteiger partial charge in [-0.2, -0.15) is 13.2 Å². The van der Waals surface area contributed by atoms with Crippen molar-refractivity contribution >= 4 is 23.0 Å². The van der Waals surface area contributed by atoms with Crippen molar-refractivity contribution in [3.8, 4) is 11.4 Å². The first kappa shape index (κ1) is 24.6. The van der Waals surface area contributed by atoms with Crippen LogP contribution < -0.4 is 15.8 Å². The first-order chi connectivity index (χ1) is 17.4. The van der Waals surface area contributed by atoms with Crippen LogP contribution in [-0.4, -0.2) is 72.6 Å². The molecule has 0 bridgehead atoms. The molecule has 4 aromatic rings. The van der Waals surface area contributed by atoms with Gasteiger partial charge in [0.2, 0.25) is 0 Å². The summed E-state index contributed by atoms with van der Waals surface area (Å²) < 4.78 is 34.9. The average molecular weight is 516 g/mol. The summed E-state index contributed by atoms with van der Waals surface area (Å²) in [5.41, 5.74) is 4.77. The van der Waals surface area contributed by atoms with Gasteiger partial charge in [0.25, 0.3) is 5.56 Å². The number of aliphatic carboxylic acids is 1. The van der Waals surface area contributed by atoms with Crippen molar-refractivity contribution in [2.75, 3.05) is 31.1 Å². The number of alkyl halides is 3. The van der Waals surface area contributed by atoms with Crippen molar-refractivity contribution in [1.29, 1.82) is 0 Å². The zero-order valence-corrected chi connectivity index (χ0v) is 20.0. The van der Waals surface area contributed by atoms with Gasteiger partial charge < -0.3 is 15.3 Å². The number of pyridine rings is 1. The van der Waals surface area contributed by atoms with E-state index in [1.165, 1.54) is 17.1 Å². The van der Waals surface area contributed by atoms with Gasteiger partial charge in [0.15, 0.2) is 5.65 Å². The molecule has 0 aromatic carbocycles. The fourth-order valence-corrected chi connectivity index (χ4v) is 4.69. The van der Waals surface area contributed by atoms with E-state index in [2.05, 4.69) is 31.5 Å². The molecule has 0 saturated carbocycles. The third-order valence-electron chi connectivity index (χ3n) is 6.50. The Morgan fingerprint density at radius 3 is 2.49 bits per heavy atom. The predicted molar refractivity (Wildman–Crippen MR) is 127 cm³/mol. The predicted octanol–water partition coefficient (Wildman–Crippen LogP) is 1.85. The SMILES string of the molecule is Cc1nc2ccc(-c3cc(=O)n4cc(N5CC6(CCNC6)C5)cc(C)c4n3)nn2n1.O=C(O)C(F)(F)F. The van der Waals surface area contributed by atoms with E-state index in [0.717, 1.165) is 37.4 Å². The van der Waals surface area contributed by atoms with Crippen LogP contribution in [0.1, 0.15) is 17.8 Å². The van der Waals surface area contributed by atoms with Gasteiger partial charge in [-0.15, -0.1) is 14.8 Å². The van der Waals surface area contributed by atoms with E-state index in [1.807, 2.05) is 32.2 Å². The quantitative estimate of drug-likeness (QED) is 0.410. The van der Waals surface area contributed by atoms with E-state index in [9.17, 15) is 18.0 Å². The van der Waals surface area contributed by atoms with Gasteiger partial charge in [-0.3, -0.25) is 9.20 Å². The molecule has 4 aromatic heterocycles. The molecule has 1 spiro atoms. The number of nitrogens with zero attached hydrogens (tertiary/aromatic N) is 7. The highest BCUT2D eigenvalue weighted by molar-refractivity contribution is 5.73. The van der Waals surface area contributed by atoms with Crippen LogP contribution in [-0.2, 0) is 4.79 Å². The fourth-order valence-electron chi connectivity index (χ4n) is 4.69. The minimum absolute atomic E-state index is 0.116. The number of carboxylic acid groups (broad SMARTS) is 1. The summed E-state index contributed by atoms with van der Waals surface area (Å²) in [5, 5.41) is 19.3. The molecule has 0 unspecified atom stereocenters. The lowest BCUT2D eigenvalue weighted by Gasteiger charge is -2.49. The Bertz CT molecular complexity index is 1570. The minimum Gasteiger partial charge on any atom is -0.475 e. The Labute approximate surface area is 207 Å². The highest BCUT2D eigenvalue weighted by Crippen LogP contribution is 2.39. The molecule has 11 nitrogen and oxygen atoms in total. The van der Waals surface area contributed by atoms with Crippen molar-refractivity contribution in [3.63, 3.8) is 0 Å². The maximum absolute atomic E-state index is 13.0. The van der Waals surface area contributed by atoms with Crippen LogP contribution >= 0.6 is 0 Å². The van der Waals surface area contributed by atoms with Gasteiger partial charge in [0.1, 0.15) is 17.2 Å². The summed E-state index contributed by atoms with van der Waals surface area (Å²) in [6, 6.07) is 7.31. The first-order valence-electron chi connectivity index (χ1n) is 11.5. The van der Waals surface area contributed by atoms with E-state index in [4.69, 9.17) is 14.9 Å². The number of aromatic nitrogens is 6. The number of nitrogens with one attached hydrogen (secondary N) is 1. The third kappa shape index (κ3) is 4.71. The number of aryl methyl sites for hydroxylation is 2. The van der Waals surface area contributed by atoms with E-state index in [1.54, 1.807) is 4.40 Å². The number of carboxylic acids is 1. The Morgan fingerprint density at radius 1 is 1.11 bits per heavy atom. The first-order valence-corrected chi connectivity index (χ1v) is 11.5. The molecule has 6 heterocycles. The average Bonchev–Trinajstić information content (AvgIpc) is 3.44. The zero-order chi connectivity index (χ0) is 26.5. The highest BCUT2D eigenvalue weighted by Gasteiger charge is 2.45. The third-order valence-corrected chi connectivity index (χ3v) is 6.50. The zero-order valence-electron chi connectivity index (χ0n) is 20.0. The molecular formula is C23H23F3N8O3. The lowest BCUT2D eigenvalue weighted by molar-refractivity contribution is -0.192. The molecule has 2 fully saturated rings. The van der Waals surface area contributed by atoms with Crippen LogP contribution in [0.2, 0.25) is 0 Å². The number of hydrogen-bond donors (Lipinski definition) is 2. The van der Waals surface area contributed by atoms with Crippen LogP contribution in [0.25, 0.3) is 22.7 Å². The fraction of sp³-hybridized carbons (Fsp3) is 0.391. The Hall–Kier alpha value is -4.07. The van der Waals surface area contributed by atoms with Crippen LogP contribution in [0, 0.1) is 19.3 Å². The smallest absolute Gasteiger partial charge is 0.475 e. The van der Waals surface area contributed by atoms with Crippen LogP contribution in [0.4, 0.5) is 18.9 Å². The Kier molecular flexibility index (Phi) is 5.85. The standard InChI is InChI=1S/C21H22N8O.C2HF3O2/c1-13-7-15(27-11-21(12-27)5-6-22-10-21)9-28-19(30)8-17(24-20(13)28)16-3-4-18-23-14(2)25-29(18)26-16;3-2(4,5)1(6)7/h3-4,7-9,22H,5-6,10-12H2,1-2H3;(H,6,7). The van der Waals surface area contributed by atoms with E-state index in [-0.39, 0.29) is 5.56 Å². The molecule has 2 aliphatic rings. The van der Waals surface area contributed by atoms with Crippen molar-refractivity contribution in [2.24, 2.45) is 5.41 Å². The second-order valence-corrected chi connectivity index (χ2v) is 9.37. The summed E-state index contributed by atoms with van der Waals surface area (Å²) in [4.78, 5) is 33.2. The lowest BCUT2D eigenvalue weighted by Crippen LogP contribution is -2.57. The Morgan fingerprint density at radius 2 is 1.84 bits per heavy atom. The molecule has 6 rings (SSSR count). The second-order valence-electron chi connectivity index (χ2n) is 9.37. The van der Waals surface area contributed by atoms with Crippen LogP contribution in [0.5, 0.6) is 0 Å². The van der Waals surface area contributed by atoms with Gasteiger partial charge in [-0.25, -0.2) is 14.8 Å². The maximum Gasteiger partial charge on any atom is 0.490 e. The van der Waals surface area contributed by atoms with E-state index in [0.29, 0.717) is 33.9 Å². The van der Waals surface area contributed by atoms with Crippen LogP contribution in [0.3, 0.4) is 0 Å². The van der Waals surface area contributed by atoms with Crippen molar-refractivity contribution in [2.45, 2.75) is 26.4 Å². The van der Waals surface area contributed by atoms with Crippen molar-refractivity contribution in [1.82, 2.24) is 34.5 Å².